The van der Waals surface area contributed by atoms with Gasteiger partial charge in [-0.2, -0.15) is 0 Å². The summed E-state index contributed by atoms with van der Waals surface area (Å²) < 4.78 is 0.801. The van der Waals surface area contributed by atoms with Crippen molar-refractivity contribution in [3.05, 3.63) is 35.9 Å². The van der Waals surface area contributed by atoms with Crippen molar-refractivity contribution in [2.45, 2.75) is 37.2 Å². The topological polar surface area (TPSA) is 66.9 Å². The third-order valence-corrected chi connectivity index (χ3v) is 5.05. The molecule has 1 amide bonds. The first-order chi connectivity index (χ1) is 10.7. The highest BCUT2D eigenvalue weighted by Crippen LogP contribution is 2.25. The number of nitrogens with zero attached hydrogens (tertiary/aromatic N) is 2. The fourth-order valence-electron chi connectivity index (χ4n) is 1.66. The van der Waals surface area contributed by atoms with Crippen molar-refractivity contribution in [1.29, 1.82) is 0 Å². The van der Waals surface area contributed by atoms with E-state index in [1.807, 2.05) is 32.0 Å². The minimum atomic E-state index is 0.0355. The fraction of sp³-hybridized carbons (Fsp3) is 0.400. The standard InChI is InChI=1S/C15H20N4OS2/c1-3-11(2)17-13(20)10-21-15-19-18-14(22-15)16-9-12-7-5-4-6-8-12/h4-8,11H,3,9-10H2,1-2H3,(H,16,18)(H,17,20). The van der Waals surface area contributed by atoms with Gasteiger partial charge in [0.25, 0.3) is 0 Å². The number of amides is 1. The maximum absolute atomic E-state index is 11.7. The van der Waals surface area contributed by atoms with Gasteiger partial charge in [-0.25, -0.2) is 0 Å². The largest absolute Gasteiger partial charge is 0.356 e. The number of anilines is 1. The molecule has 2 aromatic rings. The normalized spacial score (nSPS) is 11.9. The molecular formula is C15H20N4OS2. The number of thioether (sulfide) groups is 1. The van der Waals surface area contributed by atoms with E-state index in [4.69, 9.17) is 0 Å². The molecule has 7 heteroatoms. The Kier molecular flexibility index (Phi) is 6.67. The molecule has 1 aromatic heterocycles. The lowest BCUT2D eigenvalue weighted by molar-refractivity contribution is -0.119. The van der Waals surface area contributed by atoms with Crippen LogP contribution in [-0.2, 0) is 11.3 Å². The molecule has 0 aliphatic heterocycles. The van der Waals surface area contributed by atoms with Gasteiger partial charge in [-0.3, -0.25) is 4.79 Å². The second-order valence-electron chi connectivity index (χ2n) is 4.88. The predicted molar refractivity (Wildman–Crippen MR) is 92.3 cm³/mol. The van der Waals surface area contributed by atoms with Gasteiger partial charge in [-0.15, -0.1) is 10.2 Å². The number of hydrogen-bond acceptors (Lipinski definition) is 6. The molecule has 0 spiro atoms. The third-order valence-electron chi connectivity index (χ3n) is 3.04. The number of aromatic nitrogens is 2. The van der Waals surface area contributed by atoms with E-state index < -0.39 is 0 Å². The summed E-state index contributed by atoms with van der Waals surface area (Å²) in [6.45, 7) is 4.77. The average Bonchev–Trinajstić information content (AvgIpc) is 3.00. The maximum Gasteiger partial charge on any atom is 0.230 e. The van der Waals surface area contributed by atoms with Crippen molar-refractivity contribution < 1.29 is 4.79 Å². The summed E-state index contributed by atoms with van der Waals surface area (Å²) in [5.41, 5.74) is 1.19. The number of rotatable bonds is 8. The zero-order chi connectivity index (χ0) is 15.8. The maximum atomic E-state index is 11.7. The van der Waals surface area contributed by atoms with E-state index in [1.54, 1.807) is 0 Å². The molecular weight excluding hydrogens is 316 g/mol. The lowest BCUT2D eigenvalue weighted by Gasteiger charge is -2.09. The molecule has 5 nitrogen and oxygen atoms in total. The summed E-state index contributed by atoms with van der Waals surface area (Å²) in [5, 5.41) is 15.1. The molecule has 22 heavy (non-hydrogen) atoms. The molecule has 0 aliphatic carbocycles. The van der Waals surface area contributed by atoms with Crippen LogP contribution in [-0.4, -0.2) is 27.9 Å². The molecule has 0 fully saturated rings. The second-order valence-corrected chi connectivity index (χ2v) is 7.08. The van der Waals surface area contributed by atoms with Gasteiger partial charge >= 0.3 is 0 Å². The minimum Gasteiger partial charge on any atom is -0.356 e. The molecule has 1 unspecified atom stereocenters. The van der Waals surface area contributed by atoms with E-state index >= 15 is 0 Å². The molecule has 0 saturated heterocycles. The summed E-state index contributed by atoms with van der Waals surface area (Å²) in [4.78, 5) is 11.7. The van der Waals surface area contributed by atoms with E-state index in [2.05, 4.69) is 33.0 Å². The Labute approximate surface area is 138 Å². The van der Waals surface area contributed by atoms with Crippen LogP contribution in [0.5, 0.6) is 0 Å². The second kappa shape index (κ2) is 8.75. The van der Waals surface area contributed by atoms with E-state index in [-0.39, 0.29) is 11.9 Å². The SMILES string of the molecule is CCC(C)NC(=O)CSc1nnc(NCc2ccccc2)s1. The van der Waals surface area contributed by atoms with Gasteiger partial charge in [0.05, 0.1) is 5.75 Å². The van der Waals surface area contributed by atoms with Gasteiger partial charge in [0, 0.05) is 12.6 Å². The van der Waals surface area contributed by atoms with Gasteiger partial charge in [-0.05, 0) is 18.9 Å². The zero-order valence-corrected chi connectivity index (χ0v) is 14.3. The highest BCUT2D eigenvalue weighted by Gasteiger charge is 2.09. The van der Waals surface area contributed by atoms with E-state index in [9.17, 15) is 4.79 Å². The first-order valence-electron chi connectivity index (χ1n) is 7.21. The Balaban J connectivity index is 1.75. The monoisotopic (exact) mass is 336 g/mol. The van der Waals surface area contributed by atoms with Crippen LogP contribution in [0, 0.1) is 0 Å². The summed E-state index contributed by atoms with van der Waals surface area (Å²) in [5.74, 6) is 0.408. The first-order valence-corrected chi connectivity index (χ1v) is 9.01. The van der Waals surface area contributed by atoms with E-state index in [0.29, 0.717) is 12.3 Å². The molecule has 0 radical (unpaired) electrons. The van der Waals surface area contributed by atoms with Crippen molar-refractivity contribution in [2.75, 3.05) is 11.1 Å². The quantitative estimate of drug-likeness (QED) is 0.725. The predicted octanol–water partition coefficient (Wildman–Crippen LogP) is 3.16. The zero-order valence-electron chi connectivity index (χ0n) is 12.7. The van der Waals surface area contributed by atoms with Crippen LogP contribution < -0.4 is 10.6 Å². The number of benzene rings is 1. The Morgan fingerprint density at radius 2 is 2.09 bits per heavy atom. The molecule has 1 heterocycles. The van der Waals surface area contributed by atoms with Gasteiger partial charge in [0.2, 0.25) is 11.0 Å². The van der Waals surface area contributed by atoms with Crippen LogP contribution in [0.2, 0.25) is 0 Å². The van der Waals surface area contributed by atoms with Crippen LogP contribution in [0.4, 0.5) is 5.13 Å². The van der Waals surface area contributed by atoms with E-state index in [0.717, 1.165) is 15.9 Å². The lowest BCUT2D eigenvalue weighted by atomic mass is 10.2. The minimum absolute atomic E-state index is 0.0355. The van der Waals surface area contributed by atoms with Gasteiger partial charge in [0.15, 0.2) is 4.34 Å². The highest BCUT2D eigenvalue weighted by molar-refractivity contribution is 8.01. The van der Waals surface area contributed by atoms with Crippen LogP contribution in [0.25, 0.3) is 0 Å². The van der Waals surface area contributed by atoms with Crippen LogP contribution in [0.1, 0.15) is 25.8 Å². The number of carbonyl (C=O) groups is 1. The van der Waals surface area contributed by atoms with Crippen molar-refractivity contribution in [2.24, 2.45) is 0 Å². The van der Waals surface area contributed by atoms with Gasteiger partial charge in [0.1, 0.15) is 0 Å². The summed E-state index contributed by atoms with van der Waals surface area (Å²) >= 11 is 2.88. The summed E-state index contributed by atoms with van der Waals surface area (Å²) in [7, 11) is 0. The third kappa shape index (κ3) is 5.65. The fourth-order valence-corrected chi connectivity index (χ4v) is 3.22. The molecule has 0 saturated carbocycles. The first kappa shape index (κ1) is 16.8. The number of hydrogen-bond donors (Lipinski definition) is 2. The summed E-state index contributed by atoms with van der Waals surface area (Å²) in [6, 6.07) is 10.3. The van der Waals surface area contributed by atoms with Crippen molar-refractivity contribution in [1.82, 2.24) is 15.5 Å². The Hall–Kier alpha value is -1.60. The molecule has 2 N–H and O–H groups in total. The summed E-state index contributed by atoms with van der Waals surface area (Å²) in [6.07, 6.45) is 0.933. The Morgan fingerprint density at radius 1 is 1.32 bits per heavy atom. The average molecular weight is 336 g/mol. The number of nitrogens with one attached hydrogen (secondary N) is 2. The Morgan fingerprint density at radius 3 is 2.82 bits per heavy atom. The van der Waals surface area contributed by atoms with Crippen molar-refractivity contribution >= 4 is 34.1 Å². The molecule has 0 aliphatic rings. The number of carbonyl (C=O) groups excluding carboxylic acids is 1. The molecule has 2 rings (SSSR count). The molecule has 0 bridgehead atoms. The van der Waals surface area contributed by atoms with Gasteiger partial charge < -0.3 is 10.6 Å². The van der Waals surface area contributed by atoms with Gasteiger partial charge in [-0.1, -0.05) is 60.4 Å². The van der Waals surface area contributed by atoms with E-state index in [1.165, 1.54) is 28.7 Å². The van der Waals surface area contributed by atoms with Crippen molar-refractivity contribution in [3.63, 3.8) is 0 Å². The molecule has 118 valence electrons. The smallest absolute Gasteiger partial charge is 0.230 e. The highest BCUT2D eigenvalue weighted by atomic mass is 32.2. The van der Waals surface area contributed by atoms with Crippen LogP contribution in [0.3, 0.4) is 0 Å². The van der Waals surface area contributed by atoms with Crippen molar-refractivity contribution in [3.8, 4) is 0 Å². The van der Waals surface area contributed by atoms with Crippen LogP contribution >= 0.6 is 23.1 Å². The Bertz CT molecular complexity index is 588. The van der Waals surface area contributed by atoms with Crippen LogP contribution in [0.15, 0.2) is 34.7 Å². The lowest BCUT2D eigenvalue weighted by Crippen LogP contribution is -2.33. The molecule has 1 aromatic carbocycles. The molecule has 1 atom stereocenters.